The van der Waals surface area contributed by atoms with E-state index in [-0.39, 0.29) is 6.61 Å². The molecule has 4 rings (SSSR count). The number of hydrogen-bond donors (Lipinski definition) is 4. The van der Waals surface area contributed by atoms with Crippen LogP contribution in [0.15, 0.2) is 60.9 Å². The first kappa shape index (κ1) is 24.7. The molecule has 3 aromatic rings. The molecule has 2 aromatic carbocycles. The van der Waals surface area contributed by atoms with Crippen LogP contribution in [0.25, 0.3) is 11.1 Å². The molecule has 2 atom stereocenters. The molecule has 3 radical (unpaired) electrons. The molecule has 4 N–H and O–H groups in total. The van der Waals surface area contributed by atoms with Gasteiger partial charge in [0.05, 0.1) is 29.5 Å². The monoisotopic (exact) mass is 482 g/mol. The van der Waals surface area contributed by atoms with Gasteiger partial charge in [-0.15, -0.1) is 0 Å². The van der Waals surface area contributed by atoms with Crippen molar-refractivity contribution in [2.24, 2.45) is 0 Å². The summed E-state index contributed by atoms with van der Waals surface area (Å²) in [7, 11) is 3.26. The Labute approximate surface area is 209 Å². The van der Waals surface area contributed by atoms with Gasteiger partial charge in [-0.25, -0.2) is 4.98 Å². The SMILES string of the molecule is CC(O)([Si])c1nccn1[C@@H](C#Cc1ccc(-c2ccc(NC3CC(NCC#N)C3)cc2)cc1)CO. The number of nitriles is 1. The number of anilines is 1. The van der Waals surface area contributed by atoms with Crippen LogP contribution in [-0.2, 0) is 5.22 Å². The molecule has 1 aliphatic rings. The van der Waals surface area contributed by atoms with Gasteiger partial charge in [0.15, 0.2) is 0 Å². The third-order valence-corrected chi connectivity index (χ3v) is 6.30. The Morgan fingerprint density at radius 2 is 1.80 bits per heavy atom. The molecule has 0 spiro atoms. The number of hydrogen-bond acceptors (Lipinski definition) is 6. The number of imidazole rings is 1. The lowest BCUT2D eigenvalue weighted by Gasteiger charge is -2.36. The molecule has 8 heteroatoms. The van der Waals surface area contributed by atoms with Crippen molar-refractivity contribution in [3.05, 3.63) is 72.3 Å². The Bertz CT molecular complexity index is 1220. The van der Waals surface area contributed by atoms with Crippen molar-refractivity contribution in [2.75, 3.05) is 18.5 Å². The average Bonchev–Trinajstić information content (AvgIpc) is 3.32. The molecule has 0 bridgehead atoms. The van der Waals surface area contributed by atoms with Gasteiger partial charge in [-0.3, -0.25) is 0 Å². The second-order valence-electron chi connectivity index (χ2n) is 8.90. The Balaban J connectivity index is 1.37. The average molecular weight is 483 g/mol. The van der Waals surface area contributed by atoms with Crippen LogP contribution < -0.4 is 10.6 Å². The summed E-state index contributed by atoms with van der Waals surface area (Å²) in [6, 6.07) is 18.8. The van der Waals surface area contributed by atoms with E-state index in [4.69, 9.17) is 5.26 Å². The summed E-state index contributed by atoms with van der Waals surface area (Å²) in [5.74, 6) is 6.56. The van der Waals surface area contributed by atoms with Gasteiger partial charge in [-0.1, -0.05) is 36.1 Å². The van der Waals surface area contributed by atoms with Crippen LogP contribution in [0.4, 0.5) is 5.69 Å². The van der Waals surface area contributed by atoms with Gasteiger partial charge < -0.3 is 25.4 Å². The molecule has 1 fully saturated rings. The topological polar surface area (TPSA) is 106 Å². The fraction of sp³-hybridized carbons (Fsp3) is 0.333. The molecule has 1 saturated carbocycles. The number of nitrogens with zero attached hydrogens (tertiary/aromatic N) is 3. The second-order valence-corrected chi connectivity index (χ2v) is 9.87. The summed E-state index contributed by atoms with van der Waals surface area (Å²) < 4.78 is 1.66. The lowest BCUT2D eigenvalue weighted by molar-refractivity contribution is 0.130. The lowest BCUT2D eigenvalue weighted by atomic mass is 9.86. The number of rotatable bonds is 8. The van der Waals surface area contributed by atoms with Crippen LogP contribution in [-0.4, -0.2) is 55.2 Å². The highest BCUT2D eigenvalue weighted by atomic mass is 28.1. The van der Waals surface area contributed by atoms with Crippen molar-refractivity contribution >= 4 is 15.9 Å². The molecular weight excluding hydrogens is 454 g/mol. The first-order valence-corrected chi connectivity index (χ1v) is 12.1. The van der Waals surface area contributed by atoms with Crippen molar-refractivity contribution in [3.63, 3.8) is 0 Å². The highest BCUT2D eigenvalue weighted by Crippen LogP contribution is 2.27. The molecule has 0 amide bonds. The van der Waals surface area contributed by atoms with Crippen LogP contribution in [0, 0.1) is 23.2 Å². The standard InChI is InChI=1S/C27H28N5O2Si/c1-27(34,35)26-30-14-15-32(26)25(18-33)11-4-19-2-5-20(6-3-19)21-7-9-22(10-8-21)31-24-16-23(17-24)29-13-12-28/h2-3,5-10,14-15,23-25,29,31,33-34H,13,16-18H2,1H3/t23?,24?,25-,27?/m0/s1. The van der Waals surface area contributed by atoms with Gasteiger partial charge in [0.1, 0.15) is 17.1 Å². The van der Waals surface area contributed by atoms with E-state index in [1.165, 1.54) is 0 Å². The minimum absolute atomic E-state index is 0.199. The maximum atomic E-state index is 10.2. The van der Waals surface area contributed by atoms with Crippen LogP contribution in [0.2, 0.25) is 0 Å². The zero-order chi connectivity index (χ0) is 24.8. The lowest BCUT2D eigenvalue weighted by Crippen LogP contribution is -2.47. The third-order valence-electron chi connectivity index (χ3n) is 6.08. The Kier molecular flexibility index (Phi) is 7.69. The molecule has 1 aliphatic carbocycles. The minimum atomic E-state index is -1.32. The summed E-state index contributed by atoms with van der Waals surface area (Å²) in [6.07, 6.45) is 5.32. The second kappa shape index (κ2) is 10.9. The largest absolute Gasteiger partial charge is 0.393 e. The van der Waals surface area contributed by atoms with Gasteiger partial charge in [-0.05, 0) is 55.2 Å². The predicted octanol–water partition coefficient (Wildman–Crippen LogP) is 2.52. The molecule has 1 aromatic heterocycles. The number of nitrogens with one attached hydrogen (secondary N) is 2. The highest BCUT2D eigenvalue weighted by molar-refractivity contribution is 6.13. The van der Waals surface area contributed by atoms with Gasteiger partial charge in [-0.2, -0.15) is 5.26 Å². The van der Waals surface area contributed by atoms with E-state index in [0.717, 1.165) is 35.2 Å². The van der Waals surface area contributed by atoms with Crippen molar-refractivity contribution in [3.8, 4) is 29.0 Å². The van der Waals surface area contributed by atoms with E-state index >= 15 is 0 Å². The molecule has 177 valence electrons. The maximum Gasteiger partial charge on any atom is 0.137 e. The maximum absolute atomic E-state index is 10.2. The Morgan fingerprint density at radius 1 is 1.14 bits per heavy atom. The molecular formula is C27H28N5O2Si. The first-order valence-electron chi connectivity index (χ1n) is 11.6. The Morgan fingerprint density at radius 3 is 2.40 bits per heavy atom. The molecule has 1 heterocycles. The number of aliphatic hydroxyl groups is 2. The van der Waals surface area contributed by atoms with Crippen molar-refractivity contribution in [2.45, 2.75) is 43.1 Å². The van der Waals surface area contributed by atoms with Crippen LogP contribution in [0.3, 0.4) is 0 Å². The van der Waals surface area contributed by atoms with Crippen LogP contribution >= 0.6 is 0 Å². The fourth-order valence-electron chi connectivity index (χ4n) is 4.14. The van der Waals surface area contributed by atoms with Crippen LogP contribution in [0.5, 0.6) is 0 Å². The zero-order valence-corrected chi connectivity index (χ0v) is 20.6. The van der Waals surface area contributed by atoms with E-state index in [1.54, 1.807) is 23.9 Å². The van der Waals surface area contributed by atoms with E-state index in [1.807, 2.05) is 24.3 Å². The number of benzene rings is 2. The van der Waals surface area contributed by atoms with Gasteiger partial charge >= 0.3 is 0 Å². The first-order chi connectivity index (χ1) is 16.9. The zero-order valence-electron chi connectivity index (χ0n) is 19.6. The van der Waals surface area contributed by atoms with Gasteiger partial charge in [0.25, 0.3) is 0 Å². The normalized spacial score (nSPS) is 19.4. The van der Waals surface area contributed by atoms with E-state index < -0.39 is 11.3 Å². The smallest absolute Gasteiger partial charge is 0.137 e. The van der Waals surface area contributed by atoms with E-state index in [2.05, 4.69) is 68.0 Å². The van der Waals surface area contributed by atoms with Crippen molar-refractivity contribution in [1.82, 2.24) is 14.9 Å². The minimum Gasteiger partial charge on any atom is -0.393 e. The van der Waals surface area contributed by atoms with Gasteiger partial charge in [0.2, 0.25) is 0 Å². The van der Waals surface area contributed by atoms with Gasteiger partial charge in [0, 0.05) is 35.7 Å². The molecule has 1 unspecified atom stereocenters. The van der Waals surface area contributed by atoms with E-state index in [9.17, 15) is 10.2 Å². The highest BCUT2D eigenvalue weighted by Gasteiger charge is 2.28. The van der Waals surface area contributed by atoms with Crippen molar-refractivity contribution < 1.29 is 10.2 Å². The van der Waals surface area contributed by atoms with E-state index in [0.29, 0.717) is 24.5 Å². The molecule has 0 aliphatic heterocycles. The molecule has 7 nitrogen and oxygen atoms in total. The Hall–Kier alpha value is -3.40. The quantitative estimate of drug-likeness (QED) is 0.223. The van der Waals surface area contributed by atoms with Crippen LogP contribution in [0.1, 0.15) is 37.2 Å². The summed E-state index contributed by atoms with van der Waals surface area (Å²) >= 11 is 0. The van der Waals surface area contributed by atoms with Crippen molar-refractivity contribution in [1.29, 1.82) is 5.26 Å². The summed E-state index contributed by atoms with van der Waals surface area (Å²) in [4.78, 5) is 4.17. The third kappa shape index (κ3) is 6.19. The number of aromatic nitrogens is 2. The predicted molar refractivity (Wildman–Crippen MR) is 136 cm³/mol. The number of aliphatic hydroxyl groups excluding tert-OH is 1. The summed E-state index contributed by atoms with van der Waals surface area (Å²) in [5.41, 5.74) is 4.14. The fourth-order valence-corrected chi connectivity index (χ4v) is 4.34. The summed E-state index contributed by atoms with van der Waals surface area (Å²) in [6.45, 7) is 1.78. The molecule has 35 heavy (non-hydrogen) atoms. The molecule has 0 saturated heterocycles. The summed E-state index contributed by atoms with van der Waals surface area (Å²) in [5, 5.41) is 34.1.